The first-order valence-electron chi connectivity index (χ1n) is 10.2. The summed E-state index contributed by atoms with van der Waals surface area (Å²) in [6.45, 7) is 2.63. The predicted molar refractivity (Wildman–Crippen MR) is 117 cm³/mol. The fourth-order valence-corrected chi connectivity index (χ4v) is 3.41. The maximum absolute atomic E-state index is 13.0. The van der Waals surface area contributed by atoms with Gasteiger partial charge in [-0.2, -0.15) is 28.1 Å². The number of nitrogens with one attached hydrogen (secondary N) is 1. The Balaban J connectivity index is 1.58. The summed E-state index contributed by atoms with van der Waals surface area (Å²) in [5.41, 5.74) is 0.817. The molecule has 5 nitrogen and oxygen atoms in total. The van der Waals surface area contributed by atoms with Crippen molar-refractivity contribution in [3.63, 3.8) is 0 Å². The van der Waals surface area contributed by atoms with E-state index in [4.69, 9.17) is 4.74 Å². The third-order valence-corrected chi connectivity index (χ3v) is 4.87. The molecule has 1 aromatic heterocycles. The molecule has 0 atom stereocenters. The van der Waals surface area contributed by atoms with Crippen molar-refractivity contribution < 1.29 is 17.9 Å². The lowest BCUT2D eigenvalue weighted by molar-refractivity contribution is -0.137. The second kappa shape index (κ2) is 9.21. The van der Waals surface area contributed by atoms with Crippen LogP contribution in [0.1, 0.15) is 29.4 Å². The summed E-state index contributed by atoms with van der Waals surface area (Å²) in [4.78, 5) is 12.9. The molecule has 164 valence electrons. The highest BCUT2D eigenvalue weighted by molar-refractivity contribution is 5.85. The van der Waals surface area contributed by atoms with E-state index in [1.165, 1.54) is 6.07 Å². The molecule has 0 aliphatic rings. The van der Waals surface area contributed by atoms with Crippen molar-refractivity contribution >= 4 is 16.7 Å². The number of hydrogen-bond donors (Lipinski definition) is 1. The Hall–Kier alpha value is -3.68. The highest BCUT2D eigenvalue weighted by Crippen LogP contribution is 2.30. The van der Waals surface area contributed by atoms with Crippen molar-refractivity contribution in [2.75, 3.05) is 11.9 Å². The molecule has 1 heterocycles. The Labute approximate surface area is 183 Å². The number of ether oxygens (including phenoxy) is 1. The maximum atomic E-state index is 13.0. The topological polar surface area (TPSA) is 59.9 Å². The van der Waals surface area contributed by atoms with Gasteiger partial charge in [0.2, 0.25) is 5.95 Å². The quantitative estimate of drug-likeness (QED) is 0.404. The zero-order valence-electron chi connectivity index (χ0n) is 17.4. The molecule has 8 heteroatoms. The van der Waals surface area contributed by atoms with E-state index in [1.807, 2.05) is 42.5 Å². The van der Waals surface area contributed by atoms with Gasteiger partial charge in [-0.25, -0.2) is 0 Å². The molecule has 4 rings (SSSR count). The Kier molecular flexibility index (Phi) is 6.20. The largest absolute Gasteiger partial charge is 0.464 e. The second-order valence-electron chi connectivity index (χ2n) is 7.16. The van der Waals surface area contributed by atoms with Crippen LogP contribution in [0.25, 0.3) is 10.8 Å². The van der Waals surface area contributed by atoms with E-state index in [9.17, 15) is 13.2 Å². The van der Waals surface area contributed by atoms with Crippen LogP contribution in [-0.4, -0.2) is 21.6 Å². The molecule has 0 saturated carbocycles. The molecule has 0 unspecified atom stereocenters. The molecule has 0 amide bonds. The highest BCUT2D eigenvalue weighted by atomic mass is 19.4. The number of aromatic nitrogens is 3. The van der Waals surface area contributed by atoms with Gasteiger partial charge in [0.1, 0.15) is 5.82 Å². The third-order valence-electron chi connectivity index (χ3n) is 4.87. The molecule has 1 N–H and O–H groups in total. The van der Waals surface area contributed by atoms with Crippen LogP contribution in [0.2, 0.25) is 0 Å². The first-order valence-corrected chi connectivity index (χ1v) is 10.2. The number of rotatable bonds is 7. The van der Waals surface area contributed by atoms with Gasteiger partial charge in [-0.15, -0.1) is 0 Å². The average Bonchev–Trinajstić information content (AvgIpc) is 2.77. The van der Waals surface area contributed by atoms with Gasteiger partial charge >= 0.3 is 12.2 Å². The minimum absolute atomic E-state index is 0.120. The van der Waals surface area contributed by atoms with Gasteiger partial charge in [-0.1, -0.05) is 60.7 Å². The fraction of sp³-hybridized carbons (Fsp3) is 0.208. The normalized spacial score (nSPS) is 11.5. The van der Waals surface area contributed by atoms with Crippen molar-refractivity contribution in [1.82, 2.24) is 15.0 Å². The van der Waals surface area contributed by atoms with E-state index in [0.717, 1.165) is 28.5 Å². The molecule has 0 fully saturated rings. The molecule has 0 bridgehead atoms. The number of alkyl halides is 3. The van der Waals surface area contributed by atoms with Crippen LogP contribution in [0.15, 0.2) is 66.7 Å². The van der Waals surface area contributed by atoms with Crippen LogP contribution >= 0.6 is 0 Å². The van der Waals surface area contributed by atoms with Crippen LogP contribution in [0.3, 0.4) is 0 Å². The first-order chi connectivity index (χ1) is 15.4. The molecule has 0 spiro atoms. The number of fused-ring (bicyclic) bond motifs is 1. The van der Waals surface area contributed by atoms with Crippen molar-refractivity contribution in [3.05, 3.63) is 89.2 Å². The summed E-state index contributed by atoms with van der Waals surface area (Å²) in [6.07, 6.45) is -4.29. The van der Waals surface area contributed by atoms with Crippen molar-refractivity contribution in [2.45, 2.75) is 26.1 Å². The summed E-state index contributed by atoms with van der Waals surface area (Å²) < 4.78 is 44.6. The zero-order chi connectivity index (χ0) is 22.6. The Bertz CT molecular complexity index is 1220. The van der Waals surface area contributed by atoms with Crippen LogP contribution in [0.5, 0.6) is 6.01 Å². The molecule has 32 heavy (non-hydrogen) atoms. The Morgan fingerprint density at radius 2 is 1.69 bits per heavy atom. The molecule has 0 aliphatic heterocycles. The smallest absolute Gasteiger partial charge is 0.416 e. The zero-order valence-corrected chi connectivity index (χ0v) is 17.4. The fourth-order valence-electron chi connectivity index (χ4n) is 3.41. The molecule has 4 aromatic rings. The Morgan fingerprint density at radius 3 is 2.50 bits per heavy atom. The molecular formula is C24H21F3N4O. The van der Waals surface area contributed by atoms with Crippen LogP contribution in [0.4, 0.5) is 19.1 Å². The van der Waals surface area contributed by atoms with Gasteiger partial charge in [0, 0.05) is 13.0 Å². The molecule has 0 radical (unpaired) electrons. The SMILES string of the molecule is CCOc1nc(Cc2cccc(C(F)(F)F)c2)nc(NCc2cccc3ccccc23)n1. The van der Waals surface area contributed by atoms with Crippen LogP contribution in [-0.2, 0) is 19.1 Å². The lowest BCUT2D eigenvalue weighted by atomic mass is 10.0. The van der Waals surface area contributed by atoms with Gasteiger partial charge in [0.25, 0.3) is 0 Å². The average molecular weight is 438 g/mol. The lowest BCUT2D eigenvalue weighted by Gasteiger charge is -2.11. The van der Waals surface area contributed by atoms with Crippen molar-refractivity contribution in [1.29, 1.82) is 0 Å². The number of nitrogens with zero attached hydrogens (tertiary/aromatic N) is 3. The van der Waals surface area contributed by atoms with Gasteiger partial charge < -0.3 is 10.1 Å². The minimum Gasteiger partial charge on any atom is -0.464 e. The van der Waals surface area contributed by atoms with Crippen molar-refractivity contribution in [3.8, 4) is 6.01 Å². The molecular weight excluding hydrogens is 417 g/mol. The summed E-state index contributed by atoms with van der Waals surface area (Å²) in [7, 11) is 0. The van der Waals surface area contributed by atoms with Crippen molar-refractivity contribution in [2.24, 2.45) is 0 Å². The van der Waals surface area contributed by atoms with Gasteiger partial charge in [-0.05, 0) is 34.9 Å². The number of anilines is 1. The van der Waals surface area contributed by atoms with Gasteiger partial charge in [0.15, 0.2) is 0 Å². The molecule has 0 aliphatic carbocycles. The standard InChI is InChI=1S/C24H21F3N4O/c1-2-32-23-30-21(14-16-7-5-11-19(13-16)24(25,26)27)29-22(31-23)28-15-18-10-6-9-17-8-3-4-12-20(17)18/h3-13H,2,14-15H2,1H3,(H,28,29,30,31). The maximum Gasteiger partial charge on any atom is 0.416 e. The van der Waals surface area contributed by atoms with E-state index in [2.05, 4.69) is 20.3 Å². The summed E-state index contributed by atoms with van der Waals surface area (Å²) >= 11 is 0. The summed E-state index contributed by atoms with van der Waals surface area (Å²) in [5, 5.41) is 5.44. The predicted octanol–water partition coefficient (Wildman–Crippen LogP) is 5.65. The lowest BCUT2D eigenvalue weighted by Crippen LogP contribution is -2.11. The van der Waals surface area contributed by atoms with E-state index in [0.29, 0.717) is 30.5 Å². The first kappa shape index (κ1) is 21.5. The van der Waals surface area contributed by atoms with E-state index >= 15 is 0 Å². The Morgan fingerprint density at radius 1 is 0.906 bits per heavy atom. The molecule has 3 aromatic carbocycles. The number of halogens is 3. The van der Waals surface area contributed by atoms with E-state index in [-0.39, 0.29) is 12.4 Å². The highest BCUT2D eigenvalue weighted by Gasteiger charge is 2.30. The van der Waals surface area contributed by atoms with E-state index < -0.39 is 11.7 Å². The van der Waals surface area contributed by atoms with Gasteiger partial charge in [-0.3, -0.25) is 0 Å². The van der Waals surface area contributed by atoms with Crippen LogP contribution < -0.4 is 10.1 Å². The van der Waals surface area contributed by atoms with E-state index in [1.54, 1.807) is 13.0 Å². The summed E-state index contributed by atoms with van der Waals surface area (Å²) in [5.74, 6) is 0.626. The van der Waals surface area contributed by atoms with Gasteiger partial charge in [0.05, 0.1) is 12.2 Å². The number of benzene rings is 3. The second-order valence-corrected chi connectivity index (χ2v) is 7.16. The third kappa shape index (κ3) is 5.14. The monoisotopic (exact) mass is 438 g/mol. The summed E-state index contributed by atoms with van der Waals surface area (Å²) in [6, 6.07) is 19.4. The number of hydrogen-bond acceptors (Lipinski definition) is 5. The molecule has 0 saturated heterocycles. The van der Waals surface area contributed by atoms with Crippen LogP contribution in [0, 0.1) is 0 Å². The minimum atomic E-state index is -4.41.